The summed E-state index contributed by atoms with van der Waals surface area (Å²) < 4.78 is 10.4. The Labute approximate surface area is 229 Å². The summed E-state index contributed by atoms with van der Waals surface area (Å²) >= 11 is 0. The maximum absolute atomic E-state index is 13.5. The van der Waals surface area contributed by atoms with Gasteiger partial charge in [-0.3, -0.25) is 4.79 Å². The van der Waals surface area contributed by atoms with Crippen molar-refractivity contribution in [1.29, 1.82) is 0 Å². The largest absolute Gasteiger partial charge is 0.494 e. The number of methoxy groups -OCH3 is 1. The van der Waals surface area contributed by atoms with E-state index >= 15 is 0 Å². The predicted octanol–water partition coefficient (Wildman–Crippen LogP) is 5.35. The first-order valence-electron chi connectivity index (χ1n) is 14.0. The number of hydrogen-bond acceptors (Lipinski definition) is 6. The van der Waals surface area contributed by atoms with Crippen LogP contribution in [0.4, 0.5) is 10.5 Å². The monoisotopic (exact) mass is 533 g/mol. The van der Waals surface area contributed by atoms with E-state index in [1.807, 2.05) is 37.8 Å². The second-order valence-electron chi connectivity index (χ2n) is 10.7. The SMILES string of the molecule is CCOc1ccc(N2CCC[C@@H]2c2ccc3nc([C@@H]4CCCN4C(=O)C(NC(=O)OC)C(C)C)[nH]c3c2)cc1. The molecule has 3 atom stereocenters. The van der Waals surface area contributed by atoms with Crippen molar-refractivity contribution in [2.24, 2.45) is 5.92 Å². The van der Waals surface area contributed by atoms with Crippen molar-refractivity contribution in [2.75, 3.05) is 31.7 Å². The maximum Gasteiger partial charge on any atom is 0.407 e. The van der Waals surface area contributed by atoms with Gasteiger partial charge >= 0.3 is 6.09 Å². The molecule has 9 heteroatoms. The Balaban J connectivity index is 1.36. The number of amides is 2. The second kappa shape index (κ2) is 11.6. The molecule has 0 saturated carbocycles. The third kappa shape index (κ3) is 5.53. The van der Waals surface area contributed by atoms with Gasteiger partial charge in [0.25, 0.3) is 0 Å². The molecule has 2 saturated heterocycles. The lowest BCUT2D eigenvalue weighted by Crippen LogP contribution is -2.51. The van der Waals surface area contributed by atoms with Crippen molar-refractivity contribution in [3.63, 3.8) is 0 Å². The highest BCUT2D eigenvalue weighted by Crippen LogP contribution is 2.38. The Hall–Kier alpha value is -3.75. The van der Waals surface area contributed by atoms with E-state index in [-0.39, 0.29) is 17.9 Å². The number of carbonyl (C=O) groups is 2. The topological polar surface area (TPSA) is 99.8 Å². The fourth-order valence-electron chi connectivity index (χ4n) is 5.93. The van der Waals surface area contributed by atoms with Gasteiger partial charge in [-0.05, 0) is 80.5 Å². The lowest BCUT2D eigenvalue weighted by Gasteiger charge is -2.29. The molecule has 3 heterocycles. The summed E-state index contributed by atoms with van der Waals surface area (Å²) in [5, 5.41) is 2.71. The summed E-state index contributed by atoms with van der Waals surface area (Å²) in [5.74, 6) is 1.52. The van der Waals surface area contributed by atoms with E-state index in [9.17, 15) is 9.59 Å². The number of nitrogens with zero attached hydrogens (tertiary/aromatic N) is 3. The zero-order valence-corrected chi connectivity index (χ0v) is 23.3. The normalized spacial score (nSPS) is 20.0. The van der Waals surface area contributed by atoms with E-state index < -0.39 is 12.1 Å². The van der Waals surface area contributed by atoms with Gasteiger partial charge in [-0.15, -0.1) is 0 Å². The van der Waals surface area contributed by atoms with E-state index in [0.717, 1.165) is 54.8 Å². The second-order valence-corrected chi connectivity index (χ2v) is 10.7. The van der Waals surface area contributed by atoms with Gasteiger partial charge in [0, 0.05) is 18.8 Å². The molecular weight excluding hydrogens is 494 g/mol. The number of nitrogens with one attached hydrogen (secondary N) is 2. The predicted molar refractivity (Wildman–Crippen MR) is 151 cm³/mol. The van der Waals surface area contributed by atoms with Crippen LogP contribution in [0.25, 0.3) is 11.0 Å². The molecule has 2 fully saturated rings. The number of alkyl carbamates (subject to hydrolysis) is 1. The van der Waals surface area contributed by atoms with Gasteiger partial charge in [0.1, 0.15) is 17.6 Å². The Morgan fingerprint density at radius 3 is 2.54 bits per heavy atom. The zero-order chi connectivity index (χ0) is 27.5. The third-order valence-corrected chi connectivity index (χ3v) is 7.88. The highest BCUT2D eigenvalue weighted by Gasteiger charge is 2.37. The zero-order valence-electron chi connectivity index (χ0n) is 23.3. The van der Waals surface area contributed by atoms with Crippen LogP contribution in [0.3, 0.4) is 0 Å². The highest BCUT2D eigenvalue weighted by atomic mass is 16.5. The van der Waals surface area contributed by atoms with Crippen LogP contribution in [0.5, 0.6) is 5.75 Å². The van der Waals surface area contributed by atoms with Crippen LogP contribution in [0.15, 0.2) is 42.5 Å². The molecule has 2 aromatic carbocycles. The first-order chi connectivity index (χ1) is 18.9. The number of rotatable bonds is 8. The molecule has 2 aliphatic heterocycles. The standard InChI is InChI=1S/C30H39N5O4/c1-5-39-22-13-11-21(12-14-22)34-16-6-8-25(34)20-10-15-23-24(18-20)32-28(31-23)26-9-7-17-35(26)29(36)27(19(2)3)33-30(37)38-4/h10-15,18-19,25-27H,5-9,16-17H2,1-4H3,(H,31,32)(H,33,37)/t25-,26+,27?/m1/s1. The molecule has 39 heavy (non-hydrogen) atoms. The van der Waals surface area contributed by atoms with Gasteiger partial charge in [-0.25, -0.2) is 9.78 Å². The lowest BCUT2D eigenvalue weighted by atomic mass is 10.0. The summed E-state index contributed by atoms with van der Waals surface area (Å²) in [6.45, 7) is 8.15. The summed E-state index contributed by atoms with van der Waals surface area (Å²) in [6, 6.07) is 14.3. The molecule has 0 radical (unpaired) electrons. The number of anilines is 1. The number of hydrogen-bond donors (Lipinski definition) is 2. The number of carbonyl (C=O) groups excluding carboxylic acids is 2. The van der Waals surface area contributed by atoms with Gasteiger partial charge in [-0.1, -0.05) is 19.9 Å². The van der Waals surface area contributed by atoms with Crippen LogP contribution in [-0.4, -0.2) is 59.7 Å². The Morgan fingerprint density at radius 1 is 1.08 bits per heavy atom. The van der Waals surface area contributed by atoms with E-state index in [4.69, 9.17) is 14.5 Å². The van der Waals surface area contributed by atoms with Crippen molar-refractivity contribution in [3.8, 4) is 5.75 Å². The van der Waals surface area contributed by atoms with Gasteiger partial charge in [0.05, 0.1) is 36.8 Å². The minimum absolute atomic E-state index is 0.0687. The molecule has 5 rings (SSSR count). The van der Waals surface area contributed by atoms with Gasteiger partial charge in [0.15, 0.2) is 0 Å². The molecule has 3 aromatic rings. The first kappa shape index (κ1) is 26.8. The van der Waals surface area contributed by atoms with Crippen LogP contribution >= 0.6 is 0 Å². The van der Waals surface area contributed by atoms with E-state index in [1.165, 1.54) is 18.4 Å². The average Bonchev–Trinajstić information content (AvgIpc) is 3.70. The maximum atomic E-state index is 13.5. The van der Waals surface area contributed by atoms with E-state index in [2.05, 4.69) is 45.5 Å². The highest BCUT2D eigenvalue weighted by molar-refractivity contribution is 5.86. The number of ether oxygens (including phenoxy) is 2. The molecule has 0 aliphatic carbocycles. The number of H-pyrrole nitrogens is 1. The van der Waals surface area contributed by atoms with E-state index in [1.54, 1.807) is 0 Å². The molecule has 9 nitrogen and oxygen atoms in total. The number of aromatic nitrogens is 2. The number of imidazole rings is 1. The Morgan fingerprint density at radius 2 is 1.82 bits per heavy atom. The number of likely N-dealkylation sites (tertiary alicyclic amines) is 1. The van der Waals surface area contributed by atoms with Crippen molar-refractivity contribution < 1.29 is 19.1 Å². The summed E-state index contributed by atoms with van der Waals surface area (Å²) in [4.78, 5) is 38.1. The molecule has 0 spiro atoms. The van der Waals surface area contributed by atoms with E-state index in [0.29, 0.717) is 19.2 Å². The summed E-state index contributed by atoms with van der Waals surface area (Å²) in [7, 11) is 1.31. The van der Waals surface area contributed by atoms with Crippen LogP contribution in [0, 0.1) is 5.92 Å². The minimum Gasteiger partial charge on any atom is -0.494 e. The van der Waals surface area contributed by atoms with Crippen molar-refractivity contribution >= 4 is 28.7 Å². The van der Waals surface area contributed by atoms with Crippen LogP contribution in [0.1, 0.15) is 69.9 Å². The summed E-state index contributed by atoms with van der Waals surface area (Å²) in [5.41, 5.74) is 4.33. The molecule has 2 amide bonds. The van der Waals surface area contributed by atoms with Gasteiger partial charge < -0.3 is 29.6 Å². The number of aromatic amines is 1. The lowest BCUT2D eigenvalue weighted by molar-refractivity contribution is -0.135. The smallest absolute Gasteiger partial charge is 0.407 e. The summed E-state index contributed by atoms with van der Waals surface area (Å²) in [6.07, 6.45) is 3.35. The number of fused-ring (bicyclic) bond motifs is 1. The Kier molecular flexibility index (Phi) is 7.95. The van der Waals surface area contributed by atoms with Crippen molar-refractivity contribution in [1.82, 2.24) is 20.2 Å². The molecule has 2 N–H and O–H groups in total. The molecular formula is C30H39N5O4. The number of benzene rings is 2. The average molecular weight is 534 g/mol. The quantitative estimate of drug-likeness (QED) is 0.405. The third-order valence-electron chi connectivity index (χ3n) is 7.88. The minimum atomic E-state index is -0.648. The van der Waals surface area contributed by atoms with Gasteiger partial charge in [0.2, 0.25) is 5.91 Å². The molecule has 208 valence electrons. The van der Waals surface area contributed by atoms with Crippen LogP contribution in [0.2, 0.25) is 0 Å². The molecule has 1 aromatic heterocycles. The van der Waals surface area contributed by atoms with Crippen LogP contribution in [-0.2, 0) is 9.53 Å². The van der Waals surface area contributed by atoms with Gasteiger partial charge in [-0.2, -0.15) is 0 Å². The van der Waals surface area contributed by atoms with Crippen molar-refractivity contribution in [2.45, 2.75) is 64.6 Å². The van der Waals surface area contributed by atoms with Crippen LogP contribution < -0.4 is 15.0 Å². The Bertz CT molecular complexity index is 1300. The molecule has 1 unspecified atom stereocenters. The van der Waals surface area contributed by atoms with Crippen molar-refractivity contribution in [3.05, 3.63) is 53.9 Å². The molecule has 2 aliphatic rings. The first-order valence-corrected chi connectivity index (χ1v) is 14.0. The fourth-order valence-corrected chi connectivity index (χ4v) is 5.93. The molecule has 0 bridgehead atoms. The fraction of sp³-hybridized carbons (Fsp3) is 0.500.